The van der Waals surface area contributed by atoms with Crippen molar-refractivity contribution in [1.29, 1.82) is 0 Å². The highest BCUT2D eigenvalue weighted by Gasteiger charge is 2.00. The Bertz CT molecular complexity index is 619. The van der Waals surface area contributed by atoms with E-state index in [1.165, 1.54) is 0 Å². The number of azide groups is 1. The Hall–Kier alpha value is -2.24. The van der Waals surface area contributed by atoms with Crippen molar-refractivity contribution in [2.24, 2.45) is 10.1 Å². The molecule has 0 saturated carbocycles. The molecule has 0 aliphatic rings. The zero-order valence-corrected chi connectivity index (χ0v) is 10.7. The summed E-state index contributed by atoms with van der Waals surface area (Å²) in [7, 11) is 0. The lowest BCUT2D eigenvalue weighted by Crippen LogP contribution is -1.85. The lowest BCUT2D eigenvalue weighted by atomic mass is 10.3. The monoisotopic (exact) mass is 302 g/mol. The molecule has 88 valence electrons. The van der Waals surface area contributed by atoms with Crippen LogP contribution < -0.4 is 0 Å². The maximum Gasteiger partial charge on any atom is 0.135 e. The Balaban J connectivity index is 2.36. The Labute approximate surface area is 111 Å². The molecule has 2 rings (SSSR count). The van der Waals surface area contributed by atoms with E-state index in [1.807, 2.05) is 6.07 Å². The molecule has 0 unspecified atom stereocenters. The number of hydrogen-bond acceptors (Lipinski definition) is 4. The Kier molecular flexibility index (Phi) is 4.01. The van der Waals surface area contributed by atoms with Crippen LogP contribution in [0.15, 0.2) is 51.4 Å². The topological polar surface area (TPSA) is 86.9 Å². The van der Waals surface area contributed by atoms with E-state index < -0.39 is 0 Å². The van der Waals surface area contributed by atoms with Crippen LogP contribution in [-0.2, 0) is 0 Å². The largest absolute Gasteiger partial charge is 0.262 e. The number of rotatable bonds is 3. The number of nitrogens with zero attached hydrogens (tertiary/aromatic N) is 6. The first-order valence-electron chi connectivity index (χ1n) is 4.94. The molecule has 0 fully saturated rings. The van der Waals surface area contributed by atoms with Gasteiger partial charge in [-0.3, -0.25) is 15.0 Å². The molecular formula is C11H7BrN6. The summed E-state index contributed by atoms with van der Waals surface area (Å²) in [5.74, 6) is 0.286. The van der Waals surface area contributed by atoms with Gasteiger partial charge in [-0.15, -0.1) is 0 Å². The zero-order valence-electron chi connectivity index (χ0n) is 9.10. The van der Waals surface area contributed by atoms with Crippen LogP contribution in [0.4, 0.5) is 11.5 Å². The third-order valence-corrected chi connectivity index (χ3v) is 2.43. The number of pyridine rings is 2. The van der Waals surface area contributed by atoms with Crippen molar-refractivity contribution in [1.82, 2.24) is 9.97 Å². The van der Waals surface area contributed by atoms with Gasteiger partial charge in [-0.1, -0.05) is 0 Å². The molecule has 18 heavy (non-hydrogen) atoms. The van der Waals surface area contributed by atoms with Crippen LogP contribution in [0.1, 0.15) is 5.56 Å². The first-order valence-corrected chi connectivity index (χ1v) is 5.73. The second-order valence-corrected chi connectivity index (χ2v) is 4.14. The Morgan fingerprint density at radius 3 is 3.00 bits per heavy atom. The van der Waals surface area contributed by atoms with Crippen LogP contribution in [0.25, 0.3) is 10.4 Å². The molecule has 6 nitrogen and oxygen atoms in total. The molecule has 0 aromatic carbocycles. The van der Waals surface area contributed by atoms with Gasteiger partial charge in [-0.05, 0) is 44.8 Å². The summed E-state index contributed by atoms with van der Waals surface area (Å²) in [4.78, 5) is 14.9. The van der Waals surface area contributed by atoms with Crippen molar-refractivity contribution in [3.63, 3.8) is 0 Å². The van der Waals surface area contributed by atoms with Gasteiger partial charge in [0.15, 0.2) is 0 Å². The van der Waals surface area contributed by atoms with Gasteiger partial charge >= 0.3 is 0 Å². The zero-order chi connectivity index (χ0) is 12.8. The standard InChI is InChI=1S/C11H7BrN6/c12-9-4-8(11(16-6-9)17-18-13)5-15-10-2-1-3-14-7-10/h1-7H/b15-5-. The molecular weight excluding hydrogens is 296 g/mol. The molecule has 0 N–H and O–H groups in total. The molecule has 0 bridgehead atoms. The first-order chi connectivity index (χ1) is 8.79. The fourth-order valence-corrected chi connectivity index (χ4v) is 1.59. The molecule has 2 aromatic heterocycles. The van der Waals surface area contributed by atoms with Crippen LogP contribution in [-0.4, -0.2) is 16.2 Å². The van der Waals surface area contributed by atoms with Gasteiger partial charge < -0.3 is 0 Å². The molecule has 0 saturated heterocycles. The molecule has 0 spiro atoms. The predicted molar refractivity (Wildman–Crippen MR) is 72.2 cm³/mol. The quantitative estimate of drug-likeness (QED) is 0.372. The number of halogens is 1. The van der Waals surface area contributed by atoms with Gasteiger partial charge in [0.2, 0.25) is 0 Å². The minimum atomic E-state index is 0.286. The normalized spacial score (nSPS) is 10.3. The van der Waals surface area contributed by atoms with Crippen LogP contribution in [0.2, 0.25) is 0 Å². The average Bonchev–Trinajstić information content (AvgIpc) is 2.40. The fourth-order valence-electron chi connectivity index (χ4n) is 1.24. The van der Waals surface area contributed by atoms with E-state index in [1.54, 1.807) is 36.9 Å². The van der Waals surface area contributed by atoms with E-state index in [2.05, 4.69) is 40.9 Å². The van der Waals surface area contributed by atoms with Gasteiger partial charge in [0, 0.05) is 33.6 Å². The van der Waals surface area contributed by atoms with Crippen molar-refractivity contribution >= 4 is 33.6 Å². The Morgan fingerprint density at radius 2 is 2.28 bits per heavy atom. The molecule has 7 heteroatoms. The lowest BCUT2D eigenvalue weighted by Gasteiger charge is -1.99. The molecule has 0 atom stereocenters. The minimum absolute atomic E-state index is 0.286. The molecule has 0 aliphatic heterocycles. The van der Waals surface area contributed by atoms with E-state index in [4.69, 9.17) is 5.53 Å². The van der Waals surface area contributed by atoms with E-state index in [0.717, 1.165) is 4.47 Å². The van der Waals surface area contributed by atoms with Crippen molar-refractivity contribution in [2.75, 3.05) is 0 Å². The molecule has 2 heterocycles. The van der Waals surface area contributed by atoms with Gasteiger partial charge in [0.05, 0.1) is 11.9 Å². The number of aromatic nitrogens is 2. The van der Waals surface area contributed by atoms with Crippen LogP contribution >= 0.6 is 15.9 Å². The smallest absolute Gasteiger partial charge is 0.135 e. The minimum Gasteiger partial charge on any atom is -0.262 e. The molecule has 0 radical (unpaired) electrons. The highest BCUT2D eigenvalue weighted by molar-refractivity contribution is 9.10. The summed E-state index contributed by atoms with van der Waals surface area (Å²) >= 11 is 3.30. The highest BCUT2D eigenvalue weighted by Crippen LogP contribution is 2.20. The van der Waals surface area contributed by atoms with Crippen molar-refractivity contribution < 1.29 is 0 Å². The molecule has 0 aliphatic carbocycles. The maximum atomic E-state index is 8.45. The van der Waals surface area contributed by atoms with E-state index in [9.17, 15) is 0 Å². The summed E-state index contributed by atoms with van der Waals surface area (Å²) in [5, 5.41) is 3.50. The number of hydrogen-bond donors (Lipinski definition) is 0. The maximum absolute atomic E-state index is 8.45. The summed E-state index contributed by atoms with van der Waals surface area (Å²) < 4.78 is 0.784. The Morgan fingerprint density at radius 1 is 1.39 bits per heavy atom. The van der Waals surface area contributed by atoms with Crippen LogP contribution in [0.3, 0.4) is 0 Å². The van der Waals surface area contributed by atoms with Gasteiger partial charge in [0.1, 0.15) is 5.82 Å². The summed E-state index contributed by atoms with van der Waals surface area (Å²) in [6, 6.07) is 5.39. The fraction of sp³-hybridized carbons (Fsp3) is 0. The SMILES string of the molecule is [N-]=[N+]=Nc1ncc(Br)cc1/C=N\c1cccnc1. The summed E-state index contributed by atoms with van der Waals surface area (Å²) in [5.41, 5.74) is 9.79. The van der Waals surface area contributed by atoms with Crippen LogP contribution in [0, 0.1) is 0 Å². The molecule has 2 aromatic rings. The third kappa shape index (κ3) is 3.13. The van der Waals surface area contributed by atoms with Crippen LogP contribution in [0.5, 0.6) is 0 Å². The van der Waals surface area contributed by atoms with Crippen molar-refractivity contribution in [3.8, 4) is 0 Å². The summed E-state index contributed by atoms with van der Waals surface area (Å²) in [6.07, 6.45) is 6.45. The highest BCUT2D eigenvalue weighted by atomic mass is 79.9. The van der Waals surface area contributed by atoms with E-state index in [-0.39, 0.29) is 5.82 Å². The third-order valence-electron chi connectivity index (χ3n) is 2.00. The lowest BCUT2D eigenvalue weighted by molar-refractivity contribution is 1.24. The summed E-state index contributed by atoms with van der Waals surface area (Å²) in [6.45, 7) is 0. The van der Waals surface area contributed by atoms with Crippen molar-refractivity contribution in [3.05, 3.63) is 57.3 Å². The first kappa shape index (κ1) is 12.2. The second-order valence-electron chi connectivity index (χ2n) is 3.23. The van der Waals surface area contributed by atoms with Gasteiger partial charge in [0.25, 0.3) is 0 Å². The van der Waals surface area contributed by atoms with E-state index >= 15 is 0 Å². The predicted octanol–water partition coefficient (Wildman–Crippen LogP) is 3.93. The number of aliphatic imine (C=N–C) groups is 1. The van der Waals surface area contributed by atoms with Crippen molar-refractivity contribution in [2.45, 2.75) is 0 Å². The van der Waals surface area contributed by atoms with Gasteiger partial charge in [-0.25, -0.2) is 0 Å². The van der Waals surface area contributed by atoms with Gasteiger partial charge in [-0.2, -0.15) is 0 Å². The van der Waals surface area contributed by atoms with E-state index in [0.29, 0.717) is 11.3 Å². The second kappa shape index (κ2) is 5.90. The average molecular weight is 303 g/mol. The molecule has 0 amide bonds.